The van der Waals surface area contributed by atoms with Gasteiger partial charge < -0.3 is 5.32 Å². The lowest BCUT2D eigenvalue weighted by molar-refractivity contribution is -0.116. The predicted octanol–water partition coefficient (Wildman–Crippen LogP) is 4.84. The van der Waals surface area contributed by atoms with Crippen molar-refractivity contribution < 1.29 is 13.2 Å². The molecular formula is C24H26N2O3S. The van der Waals surface area contributed by atoms with E-state index in [0.29, 0.717) is 5.69 Å². The highest BCUT2D eigenvalue weighted by Crippen LogP contribution is 2.25. The van der Waals surface area contributed by atoms with Crippen LogP contribution in [0.1, 0.15) is 23.1 Å². The number of rotatable bonds is 7. The van der Waals surface area contributed by atoms with Crippen molar-refractivity contribution in [3.05, 3.63) is 89.5 Å². The largest absolute Gasteiger partial charge is 0.326 e. The van der Waals surface area contributed by atoms with Crippen LogP contribution in [0.5, 0.6) is 0 Å². The van der Waals surface area contributed by atoms with E-state index in [1.165, 1.54) is 4.31 Å². The number of anilines is 2. The number of sulfonamides is 1. The summed E-state index contributed by atoms with van der Waals surface area (Å²) in [6, 6.07) is 21.5. The summed E-state index contributed by atoms with van der Waals surface area (Å²) in [5.74, 6) is -0.236. The van der Waals surface area contributed by atoms with Gasteiger partial charge in [-0.15, -0.1) is 0 Å². The van der Waals surface area contributed by atoms with Gasteiger partial charge in [0, 0.05) is 18.7 Å². The minimum Gasteiger partial charge on any atom is -0.326 e. The van der Waals surface area contributed by atoms with Crippen LogP contribution in [-0.2, 0) is 14.8 Å². The van der Waals surface area contributed by atoms with E-state index in [-0.39, 0.29) is 23.8 Å². The number of hydrogen-bond acceptors (Lipinski definition) is 3. The maximum absolute atomic E-state index is 13.3. The molecule has 1 N–H and O–H groups in total. The zero-order chi connectivity index (χ0) is 21.7. The first-order valence-electron chi connectivity index (χ1n) is 9.79. The zero-order valence-electron chi connectivity index (χ0n) is 17.4. The van der Waals surface area contributed by atoms with Gasteiger partial charge in [-0.2, -0.15) is 0 Å². The molecule has 3 aromatic carbocycles. The van der Waals surface area contributed by atoms with Crippen molar-refractivity contribution in [3.8, 4) is 0 Å². The van der Waals surface area contributed by atoms with Crippen molar-refractivity contribution >= 4 is 27.3 Å². The third kappa shape index (κ3) is 5.07. The maximum Gasteiger partial charge on any atom is 0.264 e. The normalized spacial score (nSPS) is 11.2. The van der Waals surface area contributed by atoms with Crippen LogP contribution < -0.4 is 9.62 Å². The molecule has 0 atom stereocenters. The van der Waals surface area contributed by atoms with E-state index in [1.54, 1.807) is 36.4 Å². The molecule has 3 aromatic rings. The smallest absolute Gasteiger partial charge is 0.264 e. The van der Waals surface area contributed by atoms with E-state index in [9.17, 15) is 13.2 Å². The molecule has 1 amide bonds. The maximum atomic E-state index is 13.3. The molecule has 156 valence electrons. The van der Waals surface area contributed by atoms with Gasteiger partial charge in [0.2, 0.25) is 5.91 Å². The molecule has 30 heavy (non-hydrogen) atoms. The summed E-state index contributed by atoms with van der Waals surface area (Å²) >= 11 is 0. The van der Waals surface area contributed by atoms with Crippen LogP contribution in [0.15, 0.2) is 77.7 Å². The van der Waals surface area contributed by atoms with Gasteiger partial charge in [0.1, 0.15) is 0 Å². The molecule has 0 aliphatic rings. The third-order valence-electron chi connectivity index (χ3n) is 4.89. The minimum absolute atomic E-state index is 0.0350. The van der Waals surface area contributed by atoms with Gasteiger partial charge in [-0.25, -0.2) is 8.42 Å². The quantitative estimate of drug-likeness (QED) is 0.593. The van der Waals surface area contributed by atoms with Gasteiger partial charge in [0.05, 0.1) is 10.6 Å². The fourth-order valence-corrected chi connectivity index (χ4v) is 4.53. The Morgan fingerprint density at radius 1 is 0.833 bits per heavy atom. The molecule has 0 aromatic heterocycles. The summed E-state index contributed by atoms with van der Waals surface area (Å²) in [4.78, 5) is 12.7. The minimum atomic E-state index is -3.81. The number of nitrogens with one attached hydrogen (secondary N) is 1. The van der Waals surface area contributed by atoms with Crippen LogP contribution in [0.2, 0.25) is 0 Å². The number of para-hydroxylation sites is 1. The second-order valence-electron chi connectivity index (χ2n) is 7.34. The van der Waals surface area contributed by atoms with E-state index in [0.717, 1.165) is 22.4 Å². The number of benzene rings is 3. The fraction of sp³-hybridized carbons (Fsp3) is 0.208. The Bertz CT molecular complexity index is 1120. The van der Waals surface area contributed by atoms with Crippen LogP contribution in [0.4, 0.5) is 11.4 Å². The second kappa shape index (κ2) is 9.13. The standard InChI is InChI=1S/C24H26N2O3S/c1-18-8-12-21(13-9-18)26(30(28,29)22-14-10-19(2)11-15-22)17-16-24(27)25-23-7-5-4-6-20(23)3/h4-15H,16-17H2,1-3H3,(H,25,27). The molecule has 5 nitrogen and oxygen atoms in total. The summed E-state index contributed by atoms with van der Waals surface area (Å²) in [6.07, 6.45) is 0.0350. The van der Waals surface area contributed by atoms with E-state index < -0.39 is 10.0 Å². The molecule has 0 fully saturated rings. The number of carbonyl (C=O) groups is 1. The lowest BCUT2D eigenvalue weighted by atomic mass is 10.2. The van der Waals surface area contributed by atoms with Crippen LogP contribution >= 0.6 is 0 Å². The number of amides is 1. The average Bonchev–Trinajstić information content (AvgIpc) is 2.71. The van der Waals surface area contributed by atoms with Gasteiger partial charge in [-0.1, -0.05) is 53.6 Å². The predicted molar refractivity (Wildman–Crippen MR) is 121 cm³/mol. The van der Waals surface area contributed by atoms with E-state index in [1.807, 2.05) is 57.2 Å². The first-order chi connectivity index (χ1) is 14.3. The second-order valence-corrected chi connectivity index (χ2v) is 9.20. The molecule has 3 rings (SSSR count). The first-order valence-corrected chi connectivity index (χ1v) is 11.2. The fourth-order valence-electron chi connectivity index (χ4n) is 3.07. The Kier molecular flexibility index (Phi) is 6.57. The van der Waals surface area contributed by atoms with Gasteiger partial charge in [0.25, 0.3) is 10.0 Å². The number of hydrogen-bond donors (Lipinski definition) is 1. The Labute approximate surface area is 178 Å². The molecule has 0 saturated heterocycles. The van der Waals surface area contributed by atoms with Gasteiger partial charge in [-0.3, -0.25) is 9.10 Å². The van der Waals surface area contributed by atoms with Gasteiger partial charge in [-0.05, 0) is 56.7 Å². The molecule has 0 spiro atoms. The van der Waals surface area contributed by atoms with Gasteiger partial charge >= 0.3 is 0 Å². The molecular weight excluding hydrogens is 396 g/mol. The van der Waals surface area contributed by atoms with Crippen LogP contribution in [0.25, 0.3) is 0 Å². The molecule has 6 heteroatoms. The molecule has 0 unspecified atom stereocenters. The Morgan fingerprint density at radius 3 is 2.00 bits per heavy atom. The molecule has 0 saturated carbocycles. The lowest BCUT2D eigenvalue weighted by Gasteiger charge is -2.24. The molecule has 0 aliphatic heterocycles. The van der Waals surface area contributed by atoms with Crippen molar-refractivity contribution in [2.24, 2.45) is 0 Å². The Morgan fingerprint density at radius 2 is 1.40 bits per heavy atom. The van der Waals surface area contributed by atoms with E-state index in [2.05, 4.69) is 5.32 Å². The van der Waals surface area contributed by atoms with E-state index >= 15 is 0 Å². The monoisotopic (exact) mass is 422 g/mol. The molecule has 0 heterocycles. The number of aryl methyl sites for hydroxylation is 3. The summed E-state index contributed by atoms with van der Waals surface area (Å²) in [7, 11) is -3.81. The zero-order valence-corrected chi connectivity index (χ0v) is 18.2. The summed E-state index contributed by atoms with van der Waals surface area (Å²) < 4.78 is 28.0. The number of nitrogens with zero attached hydrogens (tertiary/aromatic N) is 1. The Hall–Kier alpha value is -3.12. The summed E-state index contributed by atoms with van der Waals surface area (Å²) in [5, 5.41) is 2.86. The molecule has 0 bridgehead atoms. The van der Waals surface area contributed by atoms with Crippen molar-refractivity contribution in [1.82, 2.24) is 0 Å². The molecule has 0 aliphatic carbocycles. The van der Waals surface area contributed by atoms with Crippen molar-refractivity contribution in [2.75, 3.05) is 16.2 Å². The van der Waals surface area contributed by atoms with Crippen molar-refractivity contribution in [3.63, 3.8) is 0 Å². The third-order valence-corrected chi connectivity index (χ3v) is 6.73. The van der Waals surface area contributed by atoms with Crippen LogP contribution in [-0.4, -0.2) is 20.9 Å². The highest BCUT2D eigenvalue weighted by atomic mass is 32.2. The summed E-state index contributed by atoms with van der Waals surface area (Å²) in [5.41, 5.74) is 4.22. The SMILES string of the molecule is Cc1ccc(N(CCC(=O)Nc2ccccc2C)S(=O)(=O)c2ccc(C)cc2)cc1. The van der Waals surface area contributed by atoms with Gasteiger partial charge in [0.15, 0.2) is 0 Å². The number of carbonyl (C=O) groups excluding carboxylic acids is 1. The molecule has 0 radical (unpaired) electrons. The van der Waals surface area contributed by atoms with Crippen LogP contribution in [0.3, 0.4) is 0 Å². The topological polar surface area (TPSA) is 66.5 Å². The highest BCUT2D eigenvalue weighted by Gasteiger charge is 2.25. The highest BCUT2D eigenvalue weighted by molar-refractivity contribution is 7.92. The van der Waals surface area contributed by atoms with Crippen LogP contribution in [0, 0.1) is 20.8 Å². The average molecular weight is 423 g/mol. The van der Waals surface area contributed by atoms with Crippen molar-refractivity contribution in [2.45, 2.75) is 32.1 Å². The van der Waals surface area contributed by atoms with E-state index in [4.69, 9.17) is 0 Å². The lowest BCUT2D eigenvalue weighted by Crippen LogP contribution is -2.34. The Balaban J connectivity index is 1.85. The van der Waals surface area contributed by atoms with Crippen molar-refractivity contribution in [1.29, 1.82) is 0 Å². The first kappa shape index (κ1) is 21.6. The summed E-state index contributed by atoms with van der Waals surface area (Å²) in [6.45, 7) is 5.80.